The van der Waals surface area contributed by atoms with Crippen LogP contribution in [0.2, 0.25) is 0 Å². The summed E-state index contributed by atoms with van der Waals surface area (Å²) >= 11 is 0. The Hall–Kier alpha value is -2.73. The summed E-state index contributed by atoms with van der Waals surface area (Å²) < 4.78 is 23.1. The minimum absolute atomic E-state index is 0.113. The molecule has 38 heavy (non-hydrogen) atoms. The van der Waals surface area contributed by atoms with Crippen molar-refractivity contribution in [1.29, 1.82) is 0 Å². The van der Waals surface area contributed by atoms with Gasteiger partial charge in [-0.05, 0) is 68.1 Å². The number of hydrogen-bond donors (Lipinski definition) is 4. The van der Waals surface area contributed by atoms with Crippen molar-refractivity contribution < 1.29 is 44.2 Å². The Bertz CT molecular complexity index is 1100. The van der Waals surface area contributed by atoms with Crippen LogP contribution >= 0.6 is 0 Å². The first-order valence-corrected chi connectivity index (χ1v) is 13.0. The molecule has 9 atom stereocenters. The summed E-state index contributed by atoms with van der Waals surface area (Å²) in [4.78, 5) is 13.9. The van der Waals surface area contributed by atoms with E-state index in [1.165, 1.54) is 12.8 Å². The number of aliphatic hydroxyl groups is 3. The first-order valence-electron chi connectivity index (χ1n) is 13.0. The van der Waals surface area contributed by atoms with Gasteiger partial charge in [0.05, 0.1) is 13.2 Å². The fourth-order valence-corrected chi connectivity index (χ4v) is 5.82. The average Bonchev–Trinajstić information content (AvgIpc) is 3.11. The molecule has 3 unspecified atom stereocenters. The molecule has 5 rings (SSSR count). The number of carboxylic acids is 1. The third-order valence-corrected chi connectivity index (χ3v) is 8.03. The van der Waals surface area contributed by atoms with E-state index in [1.54, 1.807) is 19.2 Å². The van der Waals surface area contributed by atoms with Crippen molar-refractivity contribution in [3.05, 3.63) is 59.7 Å². The van der Waals surface area contributed by atoms with Gasteiger partial charge in [-0.25, -0.2) is 4.79 Å². The second-order valence-electron chi connectivity index (χ2n) is 10.4. The van der Waals surface area contributed by atoms with E-state index in [0.29, 0.717) is 17.8 Å². The van der Waals surface area contributed by atoms with Crippen LogP contribution in [0.1, 0.15) is 42.9 Å². The van der Waals surface area contributed by atoms with Crippen LogP contribution in [0.4, 0.5) is 0 Å². The molecule has 0 aliphatic carbocycles. The van der Waals surface area contributed by atoms with Crippen LogP contribution in [-0.4, -0.2) is 94.3 Å². The van der Waals surface area contributed by atoms with E-state index < -0.39 is 36.7 Å². The number of piperidine rings is 1. The summed E-state index contributed by atoms with van der Waals surface area (Å²) in [5, 5.41) is 39.5. The number of aliphatic carboxylic acids is 1. The summed E-state index contributed by atoms with van der Waals surface area (Å²) in [5.74, 6) is -0.433. The maximum absolute atomic E-state index is 11.4. The highest BCUT2D eigenvalue weighted by Crippen LogP contribution is 2.39. The number of nitrogens with zero attached hydrogens (tertiary/aromatic N) is 1. The molecule has 2 aromatic rings. The van der Waals surface area contributed by atoms with Crippen LogP contribution < -0.4 is 9.47 Å². The van der Waals surface area contributed by atoms with Gasteiger partial charge in [-0.15, -0.1) is 0 Å². The number of benzene rings is 2. The Balaban J connectivity index is 1.35. The van der Waals surface area contributed by atoms with Gasteiger partial charge in [0.2, 0.25) is 6.29 Å². The maximum Gasteiger partial charge on any atom is 0.335 e. The second kappa shape index (κ2) is 11.2. The molecule has 10 nitrogen and oxygen atoms in total. The van der Waals surface area contributed by atoms with Gasteiger partial charge in [-0.1, -0.05) is 24.3 Å². The quantitative estimate of drug-likeness (QED) is 0.400. The van der Waals surface area contributed by atoms with E-state index in [1.807, 2.05) is 36.4 Å². The maximum atomic E-state index is 11.4. The Morgan fingerprint density at radius 1 is 0.947 bits per heavy atom. The molecule has 3 aliphatic heterocycles. The van der Waals surface area contributed by atoms with Crippen molar-refractivity contribution in [1.82, 2.24) is 4.90 Å². The summed E-state index contributed by atoms with van der Waals surface area (Å²) in [6.45, 7) is 0. The minimum Gasteiger partial charge on any atom is -0.497 e. The van der Waals surface area contributed by atoms with Crippen molar-refractivity contribution in [2.45, 2.75) is 80.7 Å². The molecule has 0 radical (unpaired) electrons. The van der Waals surface area contributed by atoms with Crippen molar-refractivity contribution in [2.75, 3.05) is 14.2 Å². The van der Waals surface area contributed by atoms with Crippen LogP contribution in [0, 0.1) is 0 Å². The lowest BCUT2D eigenvalue weighted by Gasteiger charge is -2.38. The highest BCUT2D eigenvalue weighted by molar-refractivity contribution is 5.73. The molecule has 2 bridgehead atoms. The van der Waals surface area contributed by atoms with Gasteiger partial charge in [0.15, 0.2) is 6.10 Å². The number of rotatable bonds is 8. The number of fused-ring (bicyclic) bond motifs is 2. The molecule has 3 aliphatic rings. The van der Waals surface area contributed by atoms with Crippen LogP contribution in [0.15, 0.2) is 48.5 Å². The number of methoxy groups -OCH3 is 1. The van der Waals surface area contributed by atoms with E-state index in [9.17, 15) is 25.2 Å². The Labute approximate surface area is 221 Å². The number of carbonyl (C=O) groups is 1. The van der Waals surface area contributed by atoms with Gasteiger partial charge in [0.25, 0.3) is 0 Å². The molecule has 206 valence electrons. The second-order valence-corrected chi connectivity index (χ2v) is 10.4. The molecule has 0 amide bonds. The van der Waals surface area contributed by atoms with Crippen LogP contribution in [-0.2, 0) is 14.3 Å². The van der Waals surface area contributed by atoms with Crippen molar-refractivity contribution in [2.24, 2.45) is 0 Å². The lowest BCUT2D eigenvalue weighted by Crippen LogP contribution is -2.61. The third kappa shape index (κ3) is 5.38. The van der Waals surface area contributed by atoms with Crippen LogP contribution in [0.25, 0.3) is 0 Å². The molecule has 3 heterocycles. The Morgan fingerprint density at radius 2 is 1.63 bits per heavy atom. The van der Waals surface area contributed by atoms with Gasteiger partial charge in [-0.2, -0.15) is 0 Å². The summed E-state index contributed by atoms with van der Waals surface area (Å²) in [5.41, 5.74) is 1.84. The Morgan fingerprint density at radius 3 is 2.26 bits per heavy atom. The number of aliphatic hydroxyl groups excluding tert-OH is 3. The third-order valence-electron chi connectivity index (χ3n) is 8.03. The van der Waals surface area contributed by atoms with E-state index in [0.717, 1.165) is 29.7 Å². The fraction of sp³-hybridized carbons (Fsp3) is 0.536. The zero-order valence-corrected chi connectivity index (χ0v) is 21.4. The monoisotopic (exact) mass is 529 g/mol. The van der Waals surface area contributed by atoms with Crippen molar-refractivity contribution in [3.8, 4) is 11.5 Å². The lowest BCUT2D eigenvalue weighted by atomic mass is 9.97. The highest BCUT2D eigenvalue weighted by atomic mass is 16.7. The van der Waals surface area contributed by atoms with Gasteiger partial charge in [0.1, 0.15) is 35.9 Å². The SMILES string of the molecule is COc1cccc(C(OC2C[C@H]3CC[C@@H](C2)N3C)c2ccc(O[C@@H]3OC(C(=O)O)[C@@H](O)[C@H](O)[C@H]3O)cc2)c1. The van der Waals surface area contributed by atoms with Crippen LogP contribution in [0.5, 0.6) is 11.5 Å². The standard InChI is InChI=1S/C28H35NO9/c1-29-17-8-9-18(29)14-21(13-17)36-25(16-4-3-5-20(12-16)35-2)15-6-10-19(11-7-15)37-28-24(32)22(30)23(31)26(38-28)27(33)34/h3-7,10-12,17-18,21-26,28,30-32H,8-9,13-14H2,1-2H3,(H,33,34)/t17-,18+,21?,22-,23-,24+,25?,26?,28+/m0/s1. The number of ether oxygens (including phenoxy) is 4. The largest absolute Gasteiger partial charge is 0.497 e. The van der Waals surface area contributed by atoms with E-state index in [4.69, 9.17) is 18.9 Å². The van der Waals surface area contributed by atoms with E-state index in [-0.39, 0.29) is 12.2 Å². The van der Waals surface area contributed by atoms with Gasteiger partial charge in [0, 0.05) is 12.1 Å². The first-order chi connectivity index (χ1) is 18.2. The predicted octanol–water partition coefficient (Wildman–Crippen LogP) is 1.70. The lowest BCUT2D eigenvalue weighted by molar-refractivity contribution is -0.271. The molecule has 3 fully saturated rings. The molecular weight excluding hydrogens is 494 g/mol. The molecule has 10 heteroatoms. The fourth-order valence-electron chi connectivity index (χ4n) is 5.82. The molecule has 2 aromatic carbocycles. The number of carboxylic acid groups (broad SMARTS) is 1. The average molecular weight is 530 g/mol. The minimum atomic E-state index is -1.78. The van der Waals surface area contributed by atoms with Crippen molar-refractivity contribution in [3.63, 3.8) is 0 Å². The first kappa shape index (κ1) is 26.9. The molecular formula is C28H35NO9. The van der Waals surface area contributed by atoms with Gasteiger partial charge < -0.3 is 44.3 Å². The number of hydrogen-bond acceptors (Lipinski definition) is 9. The summed E-state index contributed by atoms with van der Waals surface area (Å²) in [6.07, 6.45) is -4.23. The predicted molar refractivity (Wildman–Crippen MR) is 135 cm³/mol. The summed E-state index contributed by atoms with van der Waals surface area (Å²) in [7, 11) is 3.82. The molecule has 0 aromatic heterocycles. The molecule has 0 spiro atoms. The van der Waals surface area contributed by atoms with Gasteiger partial charge in [-0.3, -0.25) is 0 Å². The molecule has 3 saturated heterocycles. The zero-order chi connectivity index (χ0) is 27.0. The van der Waals surface area contributed by atoms with Crippen LogP contribution in [0.3, 0.4) is 0 Å². The van der Waals surface area contributed by atoms with Gasteiger partial charge >= 0.3 is 5.97 Å². The summed E-state index contributed by atoms with van der Waals surface area (Å²) in [6, 6.07) is 15.9. The van der Waals surface area contributed by atoms with E-state index in [2.05, 4.69) is 11.9 Å². The normalized spacial score (nSPS) is 34.0. The zero-order valence-electron chi connectivity index (χ0n) is 21.4. The highest BCUT2D eigenvalue weighted by Gasteiger charge is 2.48. The van der Waals surface area contributed by atoms with E-state index >= 15 is 0 Å². The topological polar surface area (TPSA) is 138 Å². The molecule has 0 saturated carbocycles. The molecule has 4 N–H and O–H groups in total. The smallest absolute Gasteiger partial charge is 0.335 e. The Kier molecular flexibility index (Phi) is 7.90. The van der Waals surface area contributed by atoms with Crippen molar-refractivity contribution >= 4 is 5.97 Å².